The maximum absolute atomic E-state index is 12.4. The van der Waals surface area contributed by atoms with E-state index in [1.54, 1.807) is 0 Å². The molecule has 76 valence electrons. The van der Waals surface area contributed by atoms with E-state index in [1.807, 2.05) is 0 Å². The van der Waals surface area contributed by atoms with Crippen molar-refractivity contribution in [2.24, 2.45) is 0 Å². The lowest BCUT2D eigenvalue weighted by Gasteiger charge is -2.07. The van der Waals surface area contributed by atoms with Crippen molar-refractivity contribution in [3.8, 4) is 0 Å². The molecule has 0 atom stereocenters. The van der Waals surface area contributed by atoms with E-state index in [1.165, 1.54) is 0 Å². The smallest absolute Gasteiger partial charge is 0.337 e. The van der Waals surface area contributed by atoms with E-state index in [0.29, 0.717) is 0 Å². The molecule has 0 radical (unpaired) electrons. The van der Waals surface area contributed by atoms with Crippen molar-refractivity contribution in [3.05, 3.63) is 26.9 Å². The normalized spacial score (nSPS) is 10.6. The lowest BCUT2D eigenvalue weighted by molar-refractivity contribution is 0.0684. The van der Waals surface area contributed by atoms with Crippen LogP contribution in [0, 0.1) is 0 Å². The molecule has 0 saturated carbocycles. The summed E-state index contributed by atoms with van der Waals surface area (Å²) in [6, 6.07) is 0. The molecule has 0 bridgehead atoms. The summed E-state index contributed by atoms with van der Waals surface area (Å²) in [4.78, 5) is 14.1. The van der Waals surface area contributed by atoms with Crippen LogP contribution in [-0.2, 0) is 0 Å². The number of carboxylic acids is 1. The highest BCUT2D eigenvalue weighted by Gasteiger charge is 2.24. The van der Waals surface area contributed by atoms with Crippen molar-refractivity contribution >= 4 is 33.5 Å². The van der Waals surface area contributed by atoms with Gasteiger partial charge in [0.1, 0.15) is 4.60 Å². The number of carboxylic acid groups (broad SMARTS) is 1. The van der Waals surface area contributed by atoms with Gasteiger partial charge in [-0.15, -0.1) is 0 Å². The van der Waals surface area contributed by atoms with E-state index in [-0.39, 0.29) is 9.63 Å². The summed E-state index contributed by atoms with van der Waals surface area (Å²) in [6.45, 7) is 0. The molecule has 0 aliphatic rings. The van der Waals surface area contributed by atoms with Gasteiger partial charge in [-0.25, -0.2) is 18.6 Å². The van der Waals surface area contributed by atoms with Gasteiger partial charge in [0.25, 0.3) is 6.43 Å². The van der Waals surface area contributed by atoms with E-state index in [0.717, 1.165) is 6.20 Å². The third kappa shape index (κ3) is 2.01. The number of pyridine rings is 1. The Morgan fingerprint density at radius 3 is 2.57 bits per heavy atom. The minimum absolute atomic E-state index is 0.214. The second-order valence-electron chi connectivity index (χ2n) is 2.29. The van der Waals surface area contributed by atoms with Gasteiger partial charge in [0.15, 0.2) is 0 Å². The molecule has 7 heteroatoms. The van der Waals surface area contributed by atoms with Gasteiger partial charge in [-0.3, -0.25) is 0 Å². The van der Waals surface area contributed by atoms with Crippen LogP contribution in [0.1, 0.15) is 22.3 Å². The van der Waals surface area contributed by atoms with Crippen LogP contribution < -0.4 is 0 Å². The van der Waals surface area contributed by atoms with E-state index < -0.39 is 23.5 Å². The summed E-state index contributed by atoms with van der Waals surface area (Å²) in [6.07, 6.45) is -1.94. The highest BCUT2D eigenvalue weighted by atomic mass is 79.9. The van der Waals surface area contributed by atoms with Gasteiger partial charge < -0.3 is 5.11 Å². The predicted octanol–water partition coefficient (Wildman–Crippen LogP) is 3.13. The van der Waals surface area contributed by atoms with E-state index in [9.17, 15) is 13.6 Å². The fourth-order valence-corrected chi connectivity index (χ4v) is 1.60. The third-order valence-electron chi connectivity index (χ3n) is 1.45. The number of alkyl halides is 2. The second kappa shape index (κ2) is 4.18. The molecule has 0 unspecified atom stereocenters. The SMILES string of the molecule is O=C(O)c1c(Cl)cnc(Br)c1C(F)F. The van der Waals surface area contributed by atoms with Crippen LogP contribution in [0.4, 0.5) is 8.78 Å². The summed E-state index contributed by atoms with van der Waals surface area (Å²) in [7, 11) is 0. The number of aromatic nitrogens is 1. The van der Waals surface area contributed by atoms with Gasteiger partial charge in [-0.05, 0) is 15.9 Å². The maximum Gasteiger partial charge on any atom is 0.337 e. The van der Waals surface area contributed by atoms with Crippen molar-refractivity contribution in [1.82, 2.24) is 4.98 Å². The zero-order valence-corrected chi connectivity index (χ0v) is 8.81. The molecule has 0 aliphatic heterocycles. The number of hydrogen-bond acceptors (Lipinski definition) is 2. The molecule has 0 aromatic carbocycles. The Labute approximate surface area is 90.8 Å². The zero-order chi connectivity index (χ0) is 10.9. The molecule has 0 aliphatic carbocycles. The van der Waals surface area contributed by atoms with Gasteiger partial charge in [-0.1, -0.05) is 11.6 Å². The Morgan fingerprint density at radius 1 is 1.64 bits per heavy atom. The van der Waals surface area contributed by atoms with Crippen LogP contribution >= 0.6 is 27.5 Å². The predicted molar refractivity (Wildman–Crippen MR) is 48.9 cm³/mol. The van der Waals surface area contributed by atoms with Crippen molar-refractivity contribution in [1.29, 1.82) is 0 Å². The van der Waals surface area contributed by atoms with E-state index in [4.69, 9.17) is 16.7 Å². The molecule has 0 spiro atoms. The van der Waals surface area contributed by atoms with Gasteiger partial charge in [-0.2, -0.15) is 0 Å². The molecular formula is C7H3BrClF2NO2. The average molecular weight is 286 g/mol. The first-order valence-electron chi connectivity index (χ1n) is 3.30. The van der Waals surface area contributed by atoms with E-state index in [2.05, 4.69) is 20.9 Å². The van der Waals surface area contributed by atoms with Gasteiger partial charge in [0.05, 0.1) is 16.1 Å². The summed E-state index contributed by atoms with van der Waals surface area (Å²) < 4.78 is 24.7. The number of carbonyl (C=O) groups is 1. The van der Waals surface area contributed by atoms with Gasteiger partial charge in [0, 0.05) is 6.20 Å². The number of hydrogen-bond donors (Lipinski definition) is 1. The number of aromatic carboxylic acids is 1. The molecule has 0 amide bonds. The summed E-state index contributed by atoms with van der Waals surface area (Å²) in [5.74, 6) is -1.51. The monoisotopic (exact) mass is 285 g/mol. The minimum Gasteiger partial charge on any atom is -0.478 e. The molecule has 0 saturated heterocycles. The second-order valence-corrected chi connectivity index (χ2v) is 3.45. The highest BCUT2D eigenvalue weighted by molar-refractivity contribution is 9.10. The van der Waals surface area contributed by atoms with Gasteiger partial charge >= 0.3 is 5.97 Å². The lowest BCUT2D eigenvalue weighted by atomic mass is 10.1. The fraction of sp³-hybridized carbons (Fsp3) is 0.143. The van der Waals surface area contributed by atoms with Crippen molar-refractivity contribution in [3.63, 3.8) is 0 Å². The largest absolute Gasteiger partial charge is 0.478 e. The zero-order valence-electron chi connectivity index (χ0n) is 6.47. The molecule has 14 heavy (non-hydrogen) atoms. The molecule has 0 fully saturated rings. The van der Waals surface area contributed by atoms with Crippen molar-refractivity contribution < 1.29 is 18.7 Å². The molecule has 1 rings (SSSR count). The summed E-state index contributed by atoms with van der Waals surface area (Å²) >= 11 is 8.18. The Kier molecular flexibility index (Phi) is 3.38. The summed E-state index contributed by atoms with van der Waals surface area (Å²) in [5, 5.41) is 8.34. The number of nitrogens with zero attached hydrogens (tertiary/aromatic N) is 1. The fourth-order valence-electron chi connectivity index (χ4n) is 0.896. The number of halogens is 4. The Hall–Kier alpha value is -0.750. The summed E-state index contributed by atoms with van der Waals surface area (Å²) in [5.41, 5.74) is -1.33. The third-order valence-corrected chi connectivity index (χ3v) is 2.37. The molecule has 3 nitrogen and oxygen atoms in total. The molecular weight excluding hydrogens is 283 g/mol. The van der Waals surface area contributed by atoms with Gasteiger partial charge in [0.2, 0.25) is 0 Å². The Morgan fingerprint density at radius 2 is 2.21 bits per heavy atom. The average Bonchev–Trinajstić information content (AvgIpc) is 2.07. The van der Waals surface area contributed by atoms with Crippen LogP contribution in [-0.4, -0.2) is 16.1 Å². The van der Waals surface area contributed by atoms with Crippen LogP contribution in [0.2, 0.25) is 5.02 Å². The van der Waals surface area contributed by atoms with Crippen LogP contribution in [0.3, 0.4) is 0 Å². The topological polar surface area (TPSA) is 50.2 Å². The quantitative estimate of drug-likeness (QED) is 0.850. The maximum atomic E-state index is 12.4. The molecule has 1 N–H and O–H groups in total. The van der Waals surface area contributed by atoms with E-state index >= 15 is 0 Å². The van der Waals surface area contributed by atoms with Crippen LogP contribution in [0.5, 0.6) is 0 Å². The van der Waals surface area contributed by atoms with Crippen molar-refractivity contribution in [2.75, 3.05) is 0 Å². The standard InChI is InChI=1S/C7H3BrClF2NO2/c8-5-4(6(10)11)3(7(13)14)2(9)1-12-5/h1,6H,(H,13,14). The van der Waals surface area contributed by atoms with Crippen molar-refractivity contribution in [2.45, 2.75) is 6.43 Å². The lowest BCUT2D eigenvalue weighted by Crippen LogP contribution is -2.06. The Balaban J connectivity index is 3.50. The minimum atomic E-state index is -2.94. The highest BCUT2D eigenvalue weighted by Crippen LogP contribution is 2.32. The molecule has 1 heterocycles. The molecule has 1 aromatic rings. The molecule has 1 aromatic heterocycles. The van der Waals surface area contributed by atoms with Crippen LogP contribution in [0.15, 0.2) is 10.8 Å². The first-order chi connectivity index (χ1) is 6.45. The number of rotatable bonds is 2. The Bertz CT molecular complexity index is 386. The first-order valence-corrected chi connectivity index (χ1v) is 4.47. The first kappa shape index (κ1) is 11.3. The van der Waals surface area contributed by atoms with Crippen LogP contribution in [0.25, 0.3) is 0 Å².